The molecule has 0 aliphatic carbocycles. The van der Waals surface area contributed by atoms with Gasteiger partial charge in [-0.15, -0.1) is 0 Å². The molecule has 1 aromatic rings. The number of para-hydroxylation sites is 1. The molecule has 0 aromatic heterocycles. The van der Waals surface area contributed by atoms with E-state index in [0.717, 1.165) is 37.1 Å². The third-order valence-corrected chi connectivity index (χ3v) is 5.80. The molecular weight excluding hydrogens is 318 g/mol. The number of nitrogens with one attached hydrogen (secondary N) is 1. The van der Waals surface area contributed by atoms with E-state index in [1.54, 1.807) is 13.8 Å². The Labute approximate surface area is 147 Å². The zero-order chi connectivity index (χ0) is 17.8. The van der Waals surface area contributed by atoms with E-state index in [0.29, 0.717) is 6.42 Å². The monoisotopic (exact) mass is 341 g/mol. The molecule has 0 radical (unpaired) electrons. The maximum absolute atomic E-state index is 13.4. The summed E-state index contributed by atoms with van der Waals surface area (Å²) in [5, 5.41) is 2.47. The topological polar surface area (TPSA) is 69.7 Å². The summed E-state index contributed by atoms with van der Waals surface area (Å²) in [6, 6.07) is 6.90. The van der Waals surface area contributed by atoms with Crippen LogP contribution < -0.4 is 10.2 Å². The standard InChI is InChI=1S/C19H23N3O3/c1-12(2)22-17(24)19(16(23)20-18(22)25)11-13-7-3-4-8-14(13)21-10-6-5-9-15(19)21/h3-4,7-8,12,15H,5-6,9-11H2,1-2H3,(H,20,23,25)/t15-,19-/m1/s1. The number of carbonyl (C=O) groups excluding carboxylic acids is 3. The van der Waals surface area contributed by atoms with Crippen molar-refractivity contribution in [3.05, 3.63) is 29.8 Å². The number of imide groups is 2. The fourth-order valence-electron chi connectivity index (χ4n) is 4.68. The molecule has 2 saturated heterocycles. The van der Waals surface area contributed by atoms with Crippen molar-refractivity contribution in [1.82, 2.24) is 10.2 Å². The Hall–Kier alpha value is -2.37. The molecular formula is C19H23N3O3. The molecule has 0 bridgehead atoms. The van der Waals surface area contributed by atoms with Crippen molar-refractivity contribution >= 4 is 23.5 Å². The van der Waals surface area contributed by atoms with Gasteiger partial charge in [0.05, 0.1) is 6.04 Å². The number of rotatable bonds is 1. The highest BCUT2D eigenvalue weighted by atomic mass is 16.2. The lowest BCUT2D eigenvalue weighted by Crippen LogP contribution is -2.73. The van der Waals surface area contributed by atoms with Crippen LogP contribution in [0.5, 0.6) is 0 Å². The van der Waals surface area contributed by atoms with Gasteiger partial charge in [0.15, 0.2) is 5.41 Å². The molecule has 6 nitrogen and oxygen atoms in total. The van der Waals surface area contributed by atoms with Crippen molar-refractivity contribution in [3.63, 3.8) is 0 Å². The molecule has 0 unspecified atom stereocenters. The van der Waals surface area contributed by atoms with Gasteiger partial charge in [0.2, 0.25) is 11.8 Å². The first-order chi connectivity index (χ1) is 12.0. The molecule has 1 aromatic carbocycles. The number of urea groups is 1. The van der Waals surface area contributed by atoms with Crippen LogP contribution in [0.25, 0.3) is 0 Å². The van der Waals surface area contributed by atoms with Gasteiger partial charge in [-0.3, -0.25) is 19.8 Å². The van der Waals surface area contributed by atoms with Gasteiger partial charge >= 0.3 is 6.03 Å². The van der Waals surface area contributed by atoms with Crippen LogP contribution in [0.2, 0.25) is 0 Å². The quantitative estimate of drug-likeness (QED) is 0.794. The molecule has 132 valence electrons. The van der Waals surface area contributed by atoms with E-state index in [1.165, 1.54) is 4.90 Å². The number of benzene rings is 1. The molecule has 0 saturated carbocycles. The first-order valence-electron chi connectivity index (χ1n) is 9.00. The van der Waals surface area contributed by atoms with Gasteiger partial charge < -0.3 is 4.90 Å². The highest BCUT2D eigenvalue weighted by Gasteiger charge is 2.62. The molecule has 25 heavy (non-hydrogen) atoms. The highest BCUT2D eigenvalue weighted by molar-refractivity contribution is 6.20. The lowest BCUT2D eigenvalue weighted by molar-refractivity contribution is -0.155. The van der Waals surface area contributed by atoms with Gasteiger partial charge in [-0.1, -0.05) is 18.2 Å². The molecule has 1 N–H and O–H groups in total. The molecule has 6 heteroatoms. The van der Waals surface area contributed by atoms with E-state index in [9.17, 15) is 14.4 Å². The van der Waals surface area contributed by atoms with Gasteiger partial charge in [0.25, 0.3) is 0 Å². The van der Waals surface area contributed by atoms with Crippen molar-refractivity contribution in [2.45, 2.75) is 51.6 Å². The van der Waals surface area contributed by atoms with Gasteiger partial charge in [-0.25, -0.2) is 4.79 Å². The minimum absolute atomic E-state index is 0.196. The number of piperidine rings is 1. The van der Waals surface area contributed by atoms with Crippen LogP contribution in [0, 0.1) is 5.41 Å². The van der Waals surface area contributed by atoms with E-state index >= 15 is 0 Å². The molecule has 4 rings (SSSR count). The minimum Gasteiger partial charge on any atom is -0.367 e. The van der Waals surface area contributed by atoms with E-state index in [2.05, 4.69) is 16.3 Å². The van der Waals surface area contributed by atoms with E-state index < -0.39 is 17.4 Å². The van der Waals surface area contributed by atoms with Crippen LogP contribution in [-0.2, 0) is 16.0 Å². The predicted molar refractivity (Wildman–Crippen MR) is 93.1 cm³/mol. The maximum Gasteiger partial charge on any atom is 0.331 e. The fourth-order valence-corrected chi connectivity index (χ4v) is 4.68. The molecule has 4 amide bonds. The van der Waals surface area contributed by atoms with Crippen LogP contribution in [0.1, 0.15) is 38.7 Å². The summed E-state index contributed by atoms with van der Waals surface area (Å²) in [5.74, 6) is -0.784. The highest BCUT2D eigenvalue weighted by Crippen LogP contribution is 2.47. The Morgan fingerprint density at radius 2 is 1.92 bits per heavy atom. The number of fused-ring (bicyclic) bond motifs is 4. The number of nitrogens with zero attached hydrogens (tertiary/aromatic N) is 2. The van der Waals surface area contributed by atoms with Gasteiger partial charge in [-0.2, -0.15) is 0 Å². The van der Waals surface area contributed by atoms with E-state index in [1.807, 2.05) is 18.2 Å². The third-order valence-electron chi connectivity index (χ3n) is 5.80. The van der Waals surface area contributed by atoms with Crippen molar-refractivity contribution < 1.29 is 14.4 Å². The second-order valence-corrected chi connectivity index (χ2v) is 7.51. The fraction of sp³-hybridized carbons (Fsp3) is 0.526. The molecule has 1 spiro atoms. The van der Waals surface area contributed by atoms with Crippen molar-refractivity contribution in [2.75, 3.05) is 11.4 Å². The second-order valence-electron chi connectivity index (χ2n) is 7.51. The van der Waals surface area contributed by atoms with Gasteiger partial charge in [0.1, 0.15) is 0 Å². The Kier molecular flexibility index (Phi) is 3.60. The molecule has 3 aliphatic heterocycles. The van der Waals surface area contributed by atoms with Crippen molar-refractivity contribution in [1.29, 1.82) is 0 Å². The van der Waals surface area contributed by atoms with Gasteiger partial charge in [-0.05, 0) is 51.2 Å². The van der Waals surface area contributed by atoms with Crippen molar-refractivity contribution in [3.8, 4) is 0 Å². The molecule has 2 fully saturated rings. The largest absolute Gasteiger partial charge is 0.367 e. The van der Waals surface area contributed by atoms with Crippen LogP contribution in [0.15, 0.2) is 24.3 Å². The van der Waals surface area contributed by atoms with Crippen LogP contribution in [0.4, 0.5) is 10.5 Å². The maximum atomic E-state index is 13.4. The van der Waals surface area contributed by atoms with E-state index in [4.69, 9.17) is 0 Å². The summed E-state index contributed by atoms with van der Waals surface area (Å²) in [4.78, 5) is 42.2. The van der Waals surface area contributed by atoms with Crippen molar-refractivity contribution in [2.24, 2.45) is 5.41 Å². The summed E-state index contributed by atoms with van der Waals surface area (Å²) in [6.45, 7) is 4.44. The van der Waals surface area contributed by atoms with Gasteiger partial charge in [0, 0.05) is 18.3 Å². The Morgan fingerprint density at radius 1 is 1.16 bits per heavy atom. The average Bonchev–Trinajstić information content (AvgIpc) is 2.59. The number of hydrogen-bond acceptors (Lipinski definition) is 4. The number of hydrogen-bond donors (Lipinski definition) is 1. The molecule has 3 aliphatic rings. The zero-order valence-corrected chi connectivity index (χ0v) is 14.6. The van der Waals surface area contributed by atoms with Crippen LogP contribution >= 0.6 is 0 Å². The smallest absolute Gasteiger partial charge is 0.331 e. The molecule has 2 atom stereocenters. The minimum atomic E-state index is -1.22. The lowest BCUT2D eigenvalue weighted by atomic mass is 9.66. The Bertz CT molecular complexity index is 760. The number of carbonyl (C=O) groups is 3. The summed E-state index contributed by atoms with van der Waals surface area (Å²) in [7, 11) is 0. The summed E-state index contributed by atoms with van der Waals surface area (Å²) in [5.41, 5.74) is 0.904. The SMILES string of the molecule is CC(C)N1C(=O)NC(=O)[C@]2(Cc3ccccc3N3CCCC[C@@H]32)C1=O. The average molecular weight is 341 g/mol. The lowest BCUT2D eigenvalue weighted by Gasteiger charge is -2.54. The summed E-state index contributed by atoms with van der Waals surface area (Å²) in [6.07, 6.45) is 3.17. The van der Waals surface area contributed by atoms with E-state index in [-0.39, 0.29) is 18.0 Å². The number of amides is 4. The molecule has 3 heterocycles. The predicted octanol–water partition coefficient (Wildman–Crippen LogP) is 2.07. The van der Waals surface area contributed by atoms with Crippen LogP contribution in [0.3, 0.4) is 0 Å². The third kappa shape index (κ3) is 2.12. The first kappa shape index (κ1) is 16.1. The summed E-state index contributed by atoms with van der Waals surface area (Å²) < 4.78 is 0. The Balaban J connectivity index is 1.88. The normalized spacial score (nSPS) is 28.9. The van der Waals surface area contributed by atoms with Crippen LogP contribution in [-0.4, -0.2) is 41.4 Å². The number of barbiturate groups is 1. The Morgan fingerprint density at radius 3 is 2.68 bits per heavy atom. The second kappa shape index (κ2) is 5.58. The zero-order valence-electron chi connectivity index (χ0n) is 14.6. The first-order valence-corrected chi connectivity index (χ1v) is 9.00. The summed E-state index contributed by atoms with van der Waals surface area (Å²) >= 11 is 0. The number of anilines is 1.